The predicted octanol–water partition coefficient (Wildman–Crippen LogP) is 14.4. The molecule has 0 aromatic heterocycles. The number of anilines is 6. The second-order valence-corrected chi connectivity index (χ2v) is 13.5. The number of rotatable bonds is 6. The maximum atomic E-state index is 16.0. The van der Waals surface area contributed by atoms with E-state index in [1.165, 1.54) is 24.3 Å². The lowest BCUT2D eigenvalue weighted by Crippen LogP contribution is -2.14. The SMILES string of the molecule is Fc1ccc(N(c2cccc3ccccc23)c2ccc3ccc4c(N(c5ccc(F)cc5F)c5cccc6ccccc56)ccc5ccc2c3c54)c(F)c1. The summed E-state index contributed by atoms with van der Waals surface area (Å²) in [6.07, 6.45) is 0. The largest absolute Gasteiger partial charge is 0.306 e. The van der Waals surface area contributed by atoms with Crippen LogP contribution in [0.15, 0.2) is 170 Å². The first-order chi connectivity index (χ1) is 26.4. The molecule has 0 fully saturated rings. The maximum absolute atomic E-state index is 16.0. The first-order valence-electron chi connectivity index (χ1n) is 17.6. The molecule has 10 rings (SSSR count). The van der Waals surface area contributed by atoms with Crippen molar-refractivity contribution in [2.45, 2.75) is 0 Å². The Morgan fingerprint density at radius 3 is 1.09 bits per heavy atom. The number of fused-ring (bicyclic) bond motifs is 2. The fourth-order valence-electron chi connectivity index (χ4n) is 8.07. The first kappa shape index (κ1) is 31.8. The van der Waals surface area contributed by atoms with E-state index in [1.807, 2.05) is 143 Å². The van der Waals surface area contributed by atoms with Gasteiger partial charge in [0.2, 0.25) is 0 Å². The molecule has 0 saturated heterocycles. The summed E-state index contributed by atoms with van der Waals surface area (Å²) in [4.78, 5) is 3.72. The Balaban J connectivity index is 1.28. The Morgan fingerprint density at radius 1 is 0.278 bits per heavy atom. The molecule has 0 N–H and O–H groups in total. The van der Waals surface area contributed by atoms with E-state index < -0.39 is 23.3 Å². The molecule has 0 saturated carbocycles. The van der Waals surface area contributed by atoms with Crippen LogP contribution in [0.2, 0.25) is 0 Å². The summed E-state index contributed by atoms with van der Waals surface area (Å²) in [5, 5.41) is 9.28. The minimum atomic E-state index is -0.692. The van der Waals surface area contributed by atoms with Crippen LogP contribution in [-0.4, -0.2) is 0 Å². The fourth-order valence-corrected chi connectivity index (χ4v) is 8.07. The van der Waals surface area contributed by atoms with Gasteiger partial charge in [0.1, 0.15) is 23.3 Å². The Hall–Kier alpha value is -6.92. The highest BCUT2D eigenvalue weighted by molar-refractivity contribution is 6.28. The molecule has 54 heavy (non-hydrogen) atoms. The topological polar surface area (TPSA) is 6.48 Å². The number of hydrogen-bond donors (Lipinski definition) is 0. The van der Waals surface area contributed by atoms with E-state index in [0.29, 0.717) is 11.4 Å². The zero-order chi connectivity index (χ0) is 36.5. The number of halogens is 4. The molecule has 0 aliphatic rings. The van der Waals surface area contributed by atoms with Crippen molar-refractivity contribution in [3.05, 3.63) is 193 Å². The predicted molar refractivity (Wildman–Crippen MR) is 214 cm³/mol. The highest BCUT2D eigenvalue weighted by atomic mass is 19.1. The molecular formula is C48H28F4N2. The fraction of sp³-hybridized carbons (Fsp3) is 0. The Kier molecular flexibility index (Phi) is 7.27. The van der Waals surface area contributed by atoms with Crippen molar-refractivity contribution in [3.8, 4) is 0 Å². The quantitative estimate of drug-likeness (QED) is 0.125. The zero-order valence-electron chi connectivity index (χ0n) is 28.6. The minimum absolute atomic E-state index is 0.206. The average molecular weight is 709 g/mol. The Bertz CT molecular complexity index is 2860. The van der Waals surface area contributed by atoms with Gasteiger partial charge >= 0.3 is 0 Å². The molecule has 0 bridgehead atoms. The van der Waals surface area contributed by atoms with E-state index >= 15 is 8.78 Å². The van der Waals surface area contributed by atoms with E-state index in [2.05, 4.69) is 0 Å². The Morgan fingerprint density at radius 2 is 0.648 bits per heavy atom. The van der Waals surface area contributed by atoms with Crippen molar-refractivity contribution in [2.75, 3.05) is 9.80 Å². The molecule has 0 heterocycles. The number of nitrogens with zero attached hydrogens (tertiary/aromatic N) is 2. The van der Waals surface area contributed by atoms with E-state index in [1.54, 1.807) is 0 Å². The van der Waals surface area contributed by atoms with Crippen LogP contribution in [0.3, 0.4) is 0 Å². The maximum Gasteiger partial charge on any atom is 0.150 e. The summed E-state index contributed by atoms with van der Waals surface area (Å²) in [7, 11) is 0. The van der Waals surface area contributed by atoms with E-state index in [4.69, 9.17) is 0 Å². The summed E-state index contributed by atoms with van der Waals surface area (Å²) in [5.74, 6) is -2.71. The molecule has 6 heteroatoms. The van der Waals surface area contributed by atoms with E-state index in [9.17, 15) is 8.78 Å². The minimum Gasteiger partial charge on any atom is -0.306 e. The Labute approximate surface area is 307 Å². The summed E-state index contributed by atoms with van der Waals surface area (Å²) >= 11 is 0. The zero-order valence-corrected chi connectivity index (χ0v) is 28.6. The lowest BCUT2D eigenvalue weighted by molar-refractivity contribution is 0.583. The lowest BCUT2D eigenvalue weighted by Gasteiger charge is -2.30. The van der Waals surface area contributed by atoms with Gasteiger partial charge in [-0.05, 0) is 80.8 Å². The van der Waals surface area contributed by atoms with Gasteiger partial charge in [0, 0.05) is 33.7 Å². The van der Waals surface area contributed by atoms with Crippen molar-refractivity contribution < 1.29 is 17.6 Å². The molecule has 0 radical (unpaired) electrons. The van der Waals surface area contributed by atoms with E-state index in [-0.39, 0.29) is 11.4 Å². The number of benzene rings is 10. The molecular weight excluding hydrogens is 681 g/mol. The first-order valence-corrected chi connectivity index (χ1v) is 17.6. The van der Waals surface area contributed by atoms with Gasteiger partial charge in [-0.25, -0.2) is 17.6 Å². The molecule has 258 valence electrons. The normalized spacial score (nSPS) is 11.7. The summed E-state index contributed by atoms with van der Waals surface area (Å²) in [6, 6.07) is 51.1. The molecule has 0 unspecified atom stereocenters. The molecule has 0 aliphatic heterocycles. The van der Waals surface area contributed by atoms with Gasteiger partial charge in [-0.2, -0.15) is 0 Å². The third-order valence-electron chi connectivity index (χ3n) is 10.4. The molecule has 0 aliphatic carbocycles. The molecule has 10 aromatic rings. The van der Waals surface area contributed by atoms with Crippen molar-refractivity contribution in [1.82, 2.24) is 0 Å². The molecule has 0 spiro atoms. The molecule has 0 atom stereocenters. The summed E-state index contributed by atoms with van der Waals surface area (Å²) < 4.78 is 60.7. The summed E-state index contributed by atoms with van der Waals surface area (Å²) in [6.45, 7) is 0. The number of hydrogen-bond acceptors (Lipinski definition) is 2. The van der Waals surface area contributed by atoms with Crippen LogP contribution in [0.5, 0.6) is 0 Å². The van der Waals surface area contributed by atoms with Crippen LogP contribution in [-0.2, 0) is 0 Å². The van der Waals surface area contributed by atoms with Gasteiger partial charge in [0.05, 0.1) is 34.1 Å². The third kappa shape index (κ3) is 4.95. The van der Waals surface area contributed by atoms with Crippen LogP contribution >= 0.6 is 0 Å². The van der Waals surface area contributed by atoms with Crippen molar-refractivity contribution in [2.24, 2.45) is 0 Å². The average Bonchev–Trinajstić information content (AvgIpc) is 3.19. The van der Waals surface area contributed by atoms with E-state index in [0.717, 1.165) is 77.4 Å². The van der Waals surface area contributed by atoms with Crippen molar-refractivity contribution >= 4 is 88.0 Å². The standard InChI is InChI=1S/C48H28F4N2/c49-33-19-25-45(39(51)27-33)53(41-13-5-9-29-7-1-3-11-35(29)41)43-23-17-31-16-22-38-44(24-18-32-15-21-37(43)47(31)48(32)38)54(46-26-20-34(50)28-40(46)52)42-14-6-10-30-8-2-4-12-36(30)42/h1-28H. The van der Waals surface area contributed by atoms with Gasteiger partial charge in [-0.1, -0.05) is 109 Å². The lowest BCUT2D eigenvalue weighted by atomic mass is 9.91. The van der Waals surface area contributed by atoms with Gasteiger partial charge in [-0.3, -0.25) is 0 Å². The van der Waals surface area contributed by atoms with Gasteiger partial charge < -0.3 is 9.80 Å². The highest BCUT2D eigenvalue weighted by Gasteiger charge is 2.25. The molecule has 2 nitrogen and oxygen atoms in total. The monoisotopic (exact) mass is 708 g/mol. The second kappa shape index (κ2) is 12.3. The smallest absolute Gasteiger partial charge is 0.150 e. The van der Waals surface area contributed by atoms with Crippen LogP contribution < -0.4 is 9.80 Å². The third-order valence-corrected chi connectivity index (χ3v) is 10.4. The highest BCUT2D eigenvalue weighted by Crippen LogP contribution is 2.49. The molecule has 10 aromatic carbocycles. The van der Waals surface area contributed by atoms with Crippen LogP contribution in [0.25, 0.3) is 53.9 Å². The van der Waals surface area contributed by atoms with Gasteiger partial charge in [0.25, 0.3) is 0 Å². The van der Waals surface area contributed by atoms with Gasteiger partial charge in [-0.15, -0.1) is 0 Å². The molecule has 0 amide bonds. The van der Waals surface area contributed by atoms with Crippen molar-refractivity contribution in [1.29, 1.82) is 0 Å². The second-order valence-electron chi connectivity index (χ2n) is 13.5. The van der Waals surface area contributed by atoms with Crippen LogP contribution in [0.4, 0.5) is 51.7 Å². The van der Waals surface area contributed by atoms with Crippen LogP contribution in [0, 0.1) is 23.3 Å². The summed E-state index contributed by atoms with van der Waals surface area (Å²) in [5.41, 5.74) is 3.31. The van der Waals surface area contributed by atoms with Gasteiger partial charge in [0.15, 0.2) is 0 Å². The van der Waals surface area contributed by atoms with Crippen LogP contribution in [0.1, 0.15) is 0 Å². The van der Waals surface area contributed by atoms with Crippen molar-refractivity contribution in [3.63, 3.8) is 0 Å².